The van der Waals surface area contributed by atoms with Gasteiger partial charge in [0.15, 0.2) is 0 Å². The molecule has 0 radical (unpaired) electrons. The highest BCUT2D eigenvalue weighted by atomic mass is 35.5. The number of hydrogen-bond acceptors (Lipinski definition) is 5. The zero-order chi connectivity index (χ0) is 14.7. The summed E-state index contributed by atoms with van der Waals surface area (Å²) in [5.41, 5.74) is 2.39. The Morgan fingerprint density at radius 1 is 1.50 bits per heavy atom. The molecule has 0 saturated carbocycles. The van der Waals surface area contributed by atoms with Crippen molar-refractivity contribution < 1.29 is 9.53 Å². The molecule has 2 rings (SSSR count). The number of anilines is 1. The Morgan fingerprint density at radius 2 is 2.25 bits per heavy atom. The fraction of sp³-hybridized carbons (Fsp3) is 0.286. The zero-order valence-electron chi connectivity index (χ0n) is 11.5. The van der Waals surface area contributed by atoms with E-state index < -0.39 is 0 Å². The van der Waals surface area contributed by atoms with Crippen LogP contribution in [0.5, 0.6) is 0 Å². The van der Waals surface area contributed by atoms with Gasteiger partial charge in [0.1, 0.15) is 4.91 Å². The molecule has 1 aromatic rings. The molecule has 0 spiro atoms. The maximum Gasteiger partial charge on any atom is 0.346 e. The summed E-state index contributed by atoms with van der Waals surface area (Å²) >= 11 is 7.39. The van der Waals surface area contributed by atoms with Crippen molar-refractivity contribution in [2.75, 3.05) is 24.8 Å². The molecule has 0 aromatic heterocycles. The van der Waals surface area contributed by atoms with Gasteiger partial charge >= 0.3 is 5.97 Å². The lowest BCUT2D eigenvalue weighted by Gasteiger charge is -2.24. The van der Waals surface area contributed by atoms with Crippen LogP contribution in [-0.4, -0.2) is 32.2 Å². The molecule has 0 unspecified atom stereocenters. The van der Waals surface area contributed by atoms with E-state index in [1.54, 1.807) is 13.3 Å². The molecule has 1 aromatic carbocycles. The van der Waals surface area contributed by atoms with Crippen molar-refractivity contribution in [3.63, 3.8) is 0 Å². The van der Waals surface area contributed by atoms with E-state index in [1.807, 2.05) is 36.4 Å². The second kappa shape index (κ2) is 6.33. The first-order chi connectivity index (χ1) is 9.58. The number of esters is 1. The lowest BCUT2D eigenvalue weighted by atomic mass is 10.1. The van der Waals surface area contributed by atoms with E-state index in [-0.39, 0.29) is 5.97 Å². The van der Waals surface area contributed by atoms with Crippen LogP contribution in [-0.2, 0) is 9.53 Å². The van der Waals surface area contributed by atoms with E-state index in [9.17, 15) is 4.79 Å². The van der Waals surface area contributed by atoms with Crippen LogP contribution in [0.3, 0.4) is 0 Å². The summed E-state index contributed by atoms with van der Waals surface area (Å²) in [5, 5.41) is 0.607. The third-order valence-electron chi connectivity index (χ3n) is 2.83. The molecule has 6 heteroatoms. The van der Waals surface area contributed by atoms with Gasteiger partial charge in [0.25, 0.3) is 0 Å². The van der Waals surface area contributed by atoms with Gasteiger partial charge in [0.05, 0.1) is 24.3 Å². The summed E-state index contributed by atoms with van der Waals surface area (Å²) in [5.74, 6) is -0.359. The van der Waals surface area contributed by atoms with Crippen LogP contribution >= 0.6 is 23.4 Å². The van der Waals surface area contributed by atoms with E-state index in [0.29, 0.717) is 22.2 Å². The van der Waals surface area contributed by atoms with Gasteiger partial charge in [-0.15, -0.1) is 11.8 Å². The number of carbonyl (C=O) groups is 1. The molecular weight excluding hydrogens is 296 g/mol. The van der Waals surface area contributed by atoms with E-state index in [1.165, 1.54) is 11.8 Å². The topological polar surface area (TPSA) is 41.9 Å². The highest BCUT2D eigenvalue weighted by Crippen LogP contribution is 2.37. The molecule has 20 heavy (non-hydrogen) atoms. The summed E-state index contributed by atoms with van der Waals surface area (Å²) in [6.45, 7) is 2.12. The fourth-order valence-electron chi connectivity index (χ4n) is 1.94. The molecule has 0 bridgehead atoms. The lowest BCUT2D eigenvalue weighted by Crippen LogP contribution is -2.20. The number of nitrogens with zero attached hydrogens (tertiary/aromatic N) is 2. The van der Waals surface area contributed by atoms with Gasteiger partial charge in [-0.2, -0.15) is 0 Å². The normalized spacial score (nSPS) is 15.9. The SMILES string of the molecule is CCOC(=O)/C(SC)=C1\N=CN(C)c2ccc(Cl)cc21. The number of carbonyl (C=O) groups excluding carboxylic acids is 1. The molecule has 0 aliphatic carbocycles. The van der Waals surface area contributed by atoms with Gasteiger partial charge in [-0.25, -0.2) is 9.79 Å². The van der Waals surface area contributed by atoms with Crippen molar-refractivity contribution >= 4 is 47.1 Å². The predicted octanol–water partition coefficient (Wildman–Crippen LogP) is 3.41. The molecular formula is C14H15ClN2O2S. The van der Waals surface area contributed by atoms with Gasteiger partial charge in [0, 0.05) is 17.6 Å². The number of fused-ring (bicyclic) bond motifs is 1. The van der Waals surface area contributed by atoms with Crippen LogP contribution in [0.1, 0.15) is 12.5 Å². The van der Waals surface area contributed by atoms with Crippen LogP contribution in [0, 0.1) is 0 Å². The number of rotatable bonds is 3. The number of benzene rings is 1. The Labute approximate surface area is 127 Å². The number of hydrogen-bond donors (Lipinski definition) is 0. The fourth-order valence-corrected chi connectivity index (χ4v) is 2.69. The second-order valence-electron chi connectivity index (χ2n) is 4.12. The molecule has 0 atom stereocenters. The van der Waals surface area contributed by atoms with Gasteiger partial charge in [-0.3, -0.25) is 0 Å². The van der Waals surface area contributed by atoms with Gasteiger partial charge < -0.3 is 9.64 Å². The minimum absolute atomic E-state index is 0.336. The highest BCUT2D eigenvalue weighted by Gasteiger charge is 2.23. The number of ether oxygens (including phenoxy) is 1. The zero-order valence-corrected chi connectivity index (χ0v) is 13.1. The maximum absolute atomic E-state index is 12.0. The quantitative estimate of drug-likeness (QED) is 0.634. The van der Waals surface area contributed by atoms with Crippen LogP contribution in [0.15, 0.2) is 28.1 Å². The molecule has 0 amide bonds. The predicted molar refractivity (Wildman–Crippen MR) is 85.4 cm³/mol. The Balaban J connectivity index is 2.59. The first-order valence-electron chi connectivity index (χ1n) is 6.10. The molecule has 1 aliphatic rings. The van der Waals surface area contributed by atoms with Crippen molar-refractivity contribution in [1.29, 1.82) is 0 Å². The molecule has 0 fully saturated rings. The first-order valence-corrected chi connectivity index (χ1v) is 7.71. The molecule has 1 heterocycles. The van der Waals surface area contributed by atoms with Gasteiger partial charge in [-0.1, -0.05) is 11.6 Å². The molecule has 1 aliphatic heterocycles. The molecule has 0 saturated heterocycles. The smallest absolute Gasteiger partial charge is 0.346 e. The summed E-state index contributed by atoms with van der Waals surface area (Å²) in [7, 11) is 1.90. The monoisotopic (exact) mass is 310 g/mol. The van der Waals surface area contributed by atoms with E-state index in [0.717, 1.165) is 11.3 Å². The van der Waals surface area contributed by atoms with Gasteiger partial charge in [0.2, 0.25) is 0 Å². The standard InChI is InChI=1S/C14H15ClN2O2S/c1-4-19-14(18)13(20-3)12-10-7-9(15)5-6-11(10)17(2)8-16-12/h5-8H,4H2,1-3H3/b13-12+. The van der Waals surface area contributed by atoms with E-state index >= 15 is 0 Å². The van der Waals surface area contributed by atoms with Crippen molar-refractivity contribution in [1.82, 2.24) is 0 Å². The van der Waals surface area contributed by atoms with Crippen molar-refractivity contribution in [2.24, 2.45) is 4.99 Å². The second-order valence-corrected chi connectivity index (χ2v) is 5.37. The van der Waals surface area contributed by atoms with E-state index in [2.05, 4.69) is 4.99 Å². The van der Waals surface area contributed by atoms with Crippen LogP contribution < -0.4 is 4.90 Å². The molecule has 106 valence electrons. The van der Waals surface area contributed by atoms with E-state index in [4.69, 9.17) is 16.3 Å². The summed E-state index contributed by atoms with van der Waals surface area (Å²) < 4.78 is 5.08. The summed E-state index contributed by atoms with van der Waals surface area (Å²) in [6.07, 6.45) is 3.51. The number of aliphatic imine (C=N–C) groups is 1. The van der Waals surface area contributed by atoms with Gasteiger partial charge in [-0.05, 0) is 31.4 Å². The number of halogens is 1. The largest absolute Gasteiger partial charge is 0.462 e. The maximum atomic E-state index is 12.0. The Morgan fingerprint density at radius 3 is 2.90 bits per heavy atom. The molecule has 4 nitrogen and oxygen atoms in total. The third kappa shape index (κ3) is 2.83. The third-order valence-corrected chi connectivity index (χ3v) is 3.84. The number of thioether (sulfide) groups is 1. The Bertz CT molecular complexity index is 599. The average molecular weight is 311 g/mol. The van der Waals surface area contributed by atoms with Crippen molar-refractivity contribution in [3.05, 3.63) is 33.7 Å². The highest BCUT2D eigenvalue weighted by molar-refractivity contribution is 8.03. The first kappa shape index (κ1) is 14.9. The molecule has 0 N–H and O–H groups in total. The van der Waals surface area contributed by atoms with Crippen LogP contribution in [0.25, 0.3) is 5.70 Å². The Kier molecular flexibility index (Phi) is 4.73. The average Bonchev–Trinajstić information content (AvgIpc) is 2.42. The Hall–Kier alpha value is -1.46. The van der Waals surface area contributed by atoms with Crippen LogP contribution in [0.2, 0.25) is 5.02 Å². The summed E-state index contributed by atoms with van der Waals surface area (Å²) in [6, 6.07) is 5.54. The lowest BCUT2D eigenvalue weighted by molar-refractivity contribution is -0.137. The minimum Gasteiger partial charge on any atom is -0.462 e. The summed E-state index contributed by atoms with van der Waals surface area (Å²) in [4.78, 5) is 18.8. The van der Waals surface area contributed by atoms with Crippen LogP contribution in [0.4, 0.5) is 5.69 Å². The minimum atomic E-state index is -0.359. The van der Waals surface area contributed by atoms with Crippen molar-refractivity contribution in [2.45, 2.75) is 6.92 Å². The van der Waals surface area contributed by atoms with Crippen molar-refractivity contribution in [3.8, 4) is 0 Å².